The van der Waals surface area contributed by atoms with Crippen molar-refractivity contribution in [3.8, 4) is 39.5 Å². The van der Waals surface area contributed by atoms with Crippen molar-refractivity contribution in [2.45, 2.75) is 26.4 Å². The van der Waals surface area contributed by atoms with E-state index >= 15 is 4.39 Å². The van der Waals surface area contributed by atoms with E-state index in [1.807, 2.05) is 63.2 Å². The molecule has 4 aromatic heterocycles. The van der Waals surface area contributed by atoms with Crippen LogP contribution in [-0.4, -0.2) is 62.2 Å². The Labute approximate surface area is 280 Å². The van der Waals surface area contributed by atoms with Gasteiger partial charge in [-0.05, 0) is 41.6 Å². The van der Waals surface area contributed by atoms with Gasteiger partial charge in [-0.25, -0.2) is 13.8 Å². The van der Waals surface area contributed by atoms with Gasteiger partial charge >= 0.3 is 0 Å². The average Bonchev–Trinajstić information content (AvgIpc) is 3.82. The molecule has 0 radical (unpaired) electrons. The Balaban J connectivity index is 1.51. The van der Waals surface area contributed by atoms with Crippen molar-refractivity contribution in [2.24, 2.45) is 13.0 Å². The molecule has 2 aromatic carbocycles. The van der Waals surface area contributed by atoms with Gasteiger partial charge in [-0.2, -0.15) is 10.2 Å². The molecule has 9 nitrogen and oxygen atoms in total. The molecule has 1 aliphatic heterocycles. The van der Waals surface area contributed by atoms with Gasteiger partial charge in [0.15, 0.2) is 0 Å². The molecular weight excluding hydrogens is 634 g/mol. The van der Waals surface area contributed by atoms with Crippen molar-refractivity contribution >= 4 is 38.2 Å². The molecule has 0 spiro atoms. The van der Waals surface area contributed by atoms with Gasteiger partial charge in [0, 0.05) is 59.4 Å². The number of carbonyl (C=O) groups is 1. The van der Waals surface area contributed by atoms with Crippen molar-refractivity contribution in [3.63, 3.8) is 0 Å². The minimum atomic E-state index is -0.781. The van der Waals surface area contributed by atoms with Gasteiger partial charge in [0.25, 0.3) is 0 Å². The second-order valence-electron chi connectivity index (χ2n) is 12.1. The number of methoxy groups -OCH3 is 1. The van der Waals surface area contributed by atoms with E-state index in [0.717, 1.165) is 38.3 Å². The Hall–Kier alpha value is -4.94. The Morgan fingerprint density at radius 3 is 2.71 bits per heavy atom. The van der Waals surface area contributed by atoms with Crippen LogP contribution in [0.1, 0.15) is 25.6 Å². The van der Waals surface area contributed by atoms with Crippen LogP contribution >= 0.6 is 11.3 Å². The average molecular weight is 669 g/mol. The standard InChI is InChI=1S/C36H34F2N6O3S/c1-6-30(45)43-10-11-44-28(35(43)20(2)3)18-26(41-44)34-32(31-25(38)16-23(37)17-29(31)47-13-12-46-5)36-24(9-14-48-36)33(40-34)21-7-8-27-22(15-21)19-39-42(27)4/h6-9,14-20,35H,1,10-13H2,2-5H3. The minimum Gasteiger partial charge on any atom is -0.490 e. The van der Waals surface area contributed by atoms with Gasteiger partial charge in [-0.3, -0.25) is 14.2 Å². The summed E-state index contributed by atoms with van der Waals surface area (Å²) in [5.41, 5.74) is 4.82. The second-order valence-corrected chi connectivity index (χ2v) is 13.0. The van der Waals surface area contributed by atoms with Crippen LogP contribution in [0.2, 0.25) is 0 Å². The van der Waals surface area contributed by atoms with Crippen LogP contribution in [0.15, 0.2) is 66.7 Å². The number of amides is 1. The lowest BCUT2D eigenvalue weighted by Crippen LogP contribution is -2.43. The molecule has 0 saturated heterocycles. The van der Waals surface area contributed by atoms with Crippen molar-refractivity contribution in [1.29, 1.82) is 0 Å². The van der Waals surface area contributed by atoms with E-state index in [2.05, 4.69) is 25.5 Å². The fourth-order valence-electron chi connectivity index (χ4n) is 6.65. The lowest BCUT2D eigenvalue weighted by molar-refractivity contribution is -0.130. The molecule has 246 valence electrons. The first kappa shape index (κ1) is 31.6. The van der Waals surface area contributed by atoms with Gasteiger partial charge in [0.2, 0.25) is 5.91 Å². The zero-order valence-corrected chi connectivity index (χ0v) is 27.9. The van der Waals surface area contributed by atoms with E-state index in [-0.39, 0.29) is 42.4 Å². The molecule has 0 fully saturated rings. The molecule has 1 unspecified atom stereocenters. The van der Waals surface area contributed by atoms with Gasteiger partial charge in [0.1, 0.15) is 35.4 Å². The molecule has 0 saturated carbocycles. The highest BCUT2D eigenvalue weighted by Gasteiger charge is 2.35. The van der Waals surface area contributed by atoms with Gasteiger partial charge < -0.3 is 14.4 Å². The summed E-state index contributed by atoms with van der Waals surface area (Å²) < 4.78 is 46.4. The predicted octanol–water partition coefficient (Wildman–Crippen LogP) is 7.41. The summed E-state index contributed by atoms with van der Waals surface area (Å²) in [5.74, 6) is -1.58. The molecule has 12 heteroatoms. The fourth-order valence-corrected chi connectivity index (χ4v) is 7.59. The lowest BCUT2D eigenvalue weighted by atomic mass is 9.94. The zero-order chi connectivity index (χ0) is 33.7. The SMILES string of the molecule is C=CC(=O)N1CCn2nc(-c3nc(-c4ccc5c(cnn5C)c4)c4ccsc4c3-c3c(F)cc(F)cc3OCCOC)cc2C1C(C)C. The number of ether oxygens (including phenoxy) is 2. The number of hydrogen-bond donors (Lipinski definition) is 0. The maximum absolute atomic E-state index is 16.1. The molecule has 1 amide bonds. The van der Waals surface area contributed by atoms with Crippen LogP contribution in [0.4, 0.5) is 8.78 Å². The summed E-state index contributed by atoms with van der Waals surface area (Å²) in [6.07, 6.45) is 3.14. The van der Waals surface area contributed by atoms with Crippen molar-refractivity contribution in [3.05, 3.63) is 84.0 Å². The van der Waals surface area contributed by atoms with E-state index in [0.29, 0.717) is 35.7 Å². The third kappa shape index (κ3) is 5.34. The smallest absolute Gasteiger partial charge is 0.246 e. The number of halogens is 2. The molecule has 0 N–H and O–H groups in total. The first-order chi connectivity index (χ1) is 23.2. The third-order valence-corrected chi connectivity index (χ3v) is 9.71. The third-order valence-electron chi connectivity index (χ3n) is 8.78. The second kappa shape index (κ2) is 12.6. The zero-order valence-electron chi connectivity index (χ0n) is 27.0. The normalized spacial score (nSPS) is 14.6. The minimum absolute atomic E-state index is 0.0404. The van der Waals surface area contributed by atoms with Crippen LogP contribution < -0.4 is 4.74 Å². The van der Waals surface area contributed by atoms with Crippen molar-refractivity contribution in [1.82, 2.24) is 29.4 Å². The number of fused-ring (bicyclic) bond motifs is 3. The summed E-state index contributed by atoms with van der Waals surface area (Å²) in [6, 6.07) is 11.7. The Morgan fingerprint density at radius 1 is 1.10 bits per heavy atom. The van der Waals surface area contributed by atoms with E-state index in [1.165, 1.54) is 30.6 Å². The fraction of sp³-hybridized carbons (Fsp3) is 0.278. The molecule has 48 heavy (non-hydrogen) atoms. The summed E-state index contributed by atoms with van der Waals surface area (Å²) in [5, 5.41) is 13.1. The Bertz CT molecular complexity index is 2200. The maximum Gasteiger partial charge on any atom is 0.246 e. The van der Waals surface area contributed by atoms with Crippen LogP contribution in [0.3, 0.4) is 0 Å². The van der Waals surface area contributed by atoms with Crippen LogP contribution in [0.5, 0.6) is 5.75 Å². The maximum atomic E-state index is 16.1. The molecule has 0 aliphatic carbocycles. The molecular formula is C36H34F2N6O3S. The number of nitrogens with zero attached hydrogens (tertiary/aromatic N) is 6. The number of aryl methyl sites for hydroxylation is 1. The topological polar surface area (TPSA) is 87.3 Å². The number of aromatic nitrogens is 5. The summed E-state index contributed by atoms with van der Waals surface area (Å²) in [7, 11) is 3.42. The lowest BCUT2D eigenvalue weighted by Gasteiger charge is -2.37. The Morgan fingerprint density at radius 2 is 1.94 bits per heavy atom. The number of hydrogen-bond acceptors (Lipinski definition) is 7. The van der Waals surface area contributed by atoms with Gasteiger partial charge in [0.05, 0.1) is 47.9 Å². The summed E-state index contributed by atoms with van der Waals surface area (Å²) in [4.78, 5) is 20.0. The van der Waals surface area contributed by atoms with Crippen LogP contribution in [-0.2, 0) is 23.1 Å². The number of pyridine rings is 1. The Kier molecular flexibility index (Phi) is 8.30. The van der Waals surface area contributed by atoms with E-state index in [1.54, 1.807) is 0 Å². The highest BCUT2D eigenvalue weighted by atomic mass is 32.1. The summed E-state index contributed by atoms with van der Waals surface area (Å²) in [6.45, 7) is 9.08. The number of thiophene rings is 1. The highest BCUT2D eigenvalue weighted by molar-refractivity contribution is 7.18. The highest BCUT2D eigenvalue weighted by Crippen LogP contribution is 2.48. The van der Waals surface area contributed by atoms with Gasteiger partial charge in [-0.1, -0.05) is 26.5 Å². The quantitative estimate of drug-likeness (QED) is 0.118. The predicted molar refractivity (Wildman–Crippen MR) is 183 cm³/mol. The van der Waals surface area contributed by atoms with Crippen molar-refractivity contribution in [2.75, 3.05) is 26.9 Å². The molecule has 0 bridgehead atoms. The molecule has 1 aliphatic rings. The number of carbonyl (C=O) groups excluding carboxylic acids is 1. The molecule has 7 rings (SSSR count). The van der Waals surface area contributed by atoms with E-state index in [9.17, 15) is 9.18 Å². The molecule has 6 aromatic rings. The number of rotatable bonds is 9. The van der Waals surface area contributed by atoms with Gasteiger partial charge in [-0.15, -0.1) is 11.3 Å². The molecule has 5 heterocycles. The summed E-state index contributed by atoms with van der Waals surface area (Å²) >= 11 is 1.44. The van der Waals surface area contributed by atoms with Crippen LogP contribution in [0, 0.1) is 17.6 Å². The largest absolute Gasteiger partial charge is 0.490 e. The van der Waals surface area contributed by atoms with Crippen LogP contribution in [0.25, 0.3) is 54.8 Å². The first-order valence-corrected chi connectivity index (χ1v) is 16.5. The van der Waals surface area contributed by atoms with E-state index < -0.39 is 11.6 Å². The van der Waals surface area contributed by atoms with E-state index in [4.69, 9.17) is 19.6 Å². The molecule has 1 atom stereocenters. The van der Waals surface area contributed by atoms with Crippen molar-refractivity contribution < 1.29 is 23.0 Å². The first-order valence-electron chi connectivity index (χ1n) is 15.7. The number of benzene rings is 2. The monoisotopic (exact) mass is 668 g/mol.